The van der Waals surface area contributed by atoms with Gasteiger partial charge in [-0.15, -0.1) is 0 Å². The van der Waals surface area contributed by atoms with Crippen molar-refractivity contribution in [2.45, 2.75) is 26.0 Å². The molecule has 1 aliphatic rings. The van der Waals surface area contributed by atoms with E-state index in [9.17, 15) is 9.90 Å². The van der Waals surface area contributed by atoms with Gasteiger partial charge in [-0.3, -0.25) is 4.79 Å². The summed E-state index contributed by atoms with van der Waals surface area (Å²) >= 11 is 0. The van der Waals surface area contributed by atoms with E-state index in [1.807, 2.05) is 49.4 Å². The molecule has 0 bridgehead atoms. The summed E-state index contributed by atoms with van der Waals surface area (Å²) in [7, 11) is 1.65. The van der Waals surface area contributed by atoms with E-state index in [4.69, 9.17) is 4.74 Å². The Labute approximate surface area is 136 Å². The third-order valence-electron chi connectivity index (χ3n) is 4.34. The van der Waals surface area contributed by atoms with Crippen LogP contribution in [0.3, 0.4) is 0 Å². The summed E-state index contributed by atoms with van der Waals surface area (Å²) in [5.41, 5.74) is 4.76. The van der Waals surface area contributed by atoms with Crippen LogP contribution < -0.4 is 4.90 Å². The molecule has 4 nitrogen and oxygen atoms in total. The molecule has 3 rings (SSSR count). The second-order valence-electron chi connectivity index (χ2n) is 5.99. The van der Waals surface area contributed by atoms with Gasteiger partial charge in [0.05, 0.1) is 13.2 Å². The predicted octanol–water partition coefficient (Wildman–Crippen LogP) is 3.09. The molecule has 0 spiro atoms. The standard InChI is InChI=1S/C19H21NO3/c1-13(11-21)15-5-7-17(8-6-15)20-10-16-4-3-14(12-23-2)9-18(16)19(20)22/h3-9,13,21H,10-12H2,1-2H3. The third kappa shape index (κ3) is 3.00. The van der Waals surface area contributed by atoms with Gasteiger partial charge in [-0.25, -0.2) is 0 Å². The van der Waals surface area contributed by atoms with Crippen LogP contribution in [-0.4, -0.2) is 24.7 Å². The van der Waals surface area contributed by atoms with Crippen LogP contribution in [0.1, 0.15) is 39.9 Å². The molecule has 2 aromatic carbocycles. The molecule has 1 amide bonds. The van der Waals surface area contributed by atoms with Gasteiger partial charge in [-0.05, 0) is 34.9 Å². The van der Waals surface area contributed by atoms with E-state index in [2.05, 4.69) is 0 Å². The molecular weight excluding hydrogens is 290 g/mol. The SMILES string of the molecule is COCc1ccc2c(c1)C(=O)N(c1ccc(C(C)CO)cc1)C2. The predicted molar refractivity (Wildman–Crippen MR) is 89.6 cm³/mol. The van der Waals surface area contributed by atoms with Crippen LogP contribution in [0.4, 0.5) is 5.69 Å². The second-order valence-corrected chi connectivity index (χ2v) is 5.99. The Hall–Kier alpha value is -2.17. The van der Waals surface area contributed by atoms with Crippen molar-refractivity contribution in [3.8, 4) is 0 Å². The van der Waals surface area contributed by atoms with E-state index in [0.29, 0.717) is 13.2 Å². The van der Waals surface area contributed by atoms with Gasteiger partial charge in [0.25, 0.3) is 5.91 Å². The van der Waals surface area contributed by atoms with Crippen molar-refractivity contribution in [1.82, 2.24) is 0 Å². The molecular formula is C19H21NO3. The van der Waals surface area contributed by atoms with Crippen LogP contribution in [0.15, 0.2) is 42.5 Å². The quantitative estimate of drug-likeness (QED) is 0.923. The monoisotopic (exact) mass is 311 g/mol. The molecule has 0 saturated carbocycles. The van der Waals surface area contributed by atoms with Gasteiger partial charge in [-0.1, -0.05) is 31.2 Å². The lowest BCUT2D eigenvalue weighted by molar-refractivity contribution is 0.0996. The van der Waals surface area contributed by atoms with Crippen molar-refractivity contribution in [3.63, 3.8) is 0 Å². The Kier molecular flexibility index (Phi) is 4.46. The summed E-state index contributed by atoms with van der Waals surface area (Å²) < 4.78 is 5.14. The smallest absolute Gasteiger partial charge is 0.258 e. The molecule has 0 fully saturated rings. The van der Waals surface area contributed by atoms with Crippen LogP contribution in [0, 0.1) is 0 Å². The third-order valence-corrected chi connectivity index (χ3v) is 4.34. The number of aliphatic hydroxyl groups excluding tert-OH is 1. The molecule has 23 heavy (non-hydrogen) atoms. The fraction of sp³-hybridized carbons (Fsp3) is 0.316. The Bertz CT molecular complexity index is 709. The maximum atomic E-state index is 12.7. The minimum absolute atomic E-state index is 0.0286. The number of hydrogen-bond acceptors (Lipinski definition) is 3. The summed E-state index contributed by atoms with van der Waals surface area (Å²) in [5, 5.41) is 9.22. The van der Waals surface area contributed by atoms with Gasteiger partial charge in [0.1, 0.15) is 0 Å². The highest BCUT2D eigenvalue weighted by Gasteiger charge is 2.28. The Balaban J connectivity index is 1.84. The molecule has 4 heteroatoms. The lowest BCUT2D eigenvalue weighted by Crippen LogP contribution is -2.23. The highest BCUT2D eigenvalue weighted by atomic mass is 16.5. The van der Waals surface area contributed by atoms with Gasteiger partial charge < -0.3 is 14.7 Å². The average molecular weight is 311 g/mol. The van der Waals surface area contributed by atoms with Gasteiger partial charge in [0.2, 0.25) is 0 Å². The summed E-state index contributed by atoms with van der Waals surface area (Å²) in [6.07, 6.45) is 0. The number of hydrogen-bond donors (Lipinski definition) is 1. The number of aliphatic hydroxyl groups is 1. The largest absolute Gasteiger partial charge is 0.396 e. The minimum Gasteiger partial charge on any atom is -0.396 e. The highest BCUT2D eigenvalue weighted by Crippen LogP contribution is 2.30. The maximum absolute atomic E-state index is 12.7. The van der Waals surface area contributed by atoms with Gasteiger partial charge in [-0.2, -0.15) is 0 Å². The number of amides is 1. The molecule has 0 aromatic heterocycles. The number of carbonyl (C=O) groups is 1. The topological polar surface area (TPSA) is 49.8 Å². The lowest BCUT2D eigenvalue weighted by atomic mass is 10.0. The second kappa shape index (κ2) is 6.52. The minimum atomic E-state index is 0.0286. The Morgan fingerprint density at radius 3 is 2.61 bits per heavy atom. The number of rotatable bonds is 5. The van der Waals surface area contributed by atoms with E-state index < -0.39 is 0 Å². The summed E-state index contributed by atoms with van der Waals surface area (Å²) in [6.45, 7) is 3.20. The van der Waals surface area contributed by atoms with Gasteiger partial charge in [0.15, 0.2) is 0 Å². The lowest BCUT2D eigenvalue weighted by Gasteiger charge is -2.17. The molecule has 0 aliphatic carbocycles. The molecule has 1 aliphatic heterocycles. The molecule has 0 radical (unpaired) electrons. The average Bonchev–Trinajstić information content (AvgIpc) is 2.91. The number of fused-ring (bicyclic) bond motifs is 1. The van der Waals surface area contributed by atoms with Crippen LogP contribution in [0.5, 0.6) is 0 Å². The molecule has 1 N–H and O–H groups in total. The normalized spacial score (nSPS) is 14.9. The summed E-state index contributed by atoms with van der Waals surface area (Å²) in [5.74, 6) is 0.132. The van der Waals surface area contributed by atoms with E-state index in [1.165, 1.54) is 0 Å². The van der Waals surface area contributed by atoms with Gasteiger partial charge in [0, 0.05) is 30.9 Å². The van der Waals surface area contributed by atoms with Crippen LogP contribution in [0.2, 0.25) is 0 Å². The van der Waals surface area contributed by atoms with Crippen molar-refractivity contribution in [2.75, 3.05) is 18.6 Å². The molecule has 1 heterocycles. The number of anilines is 1. The fourth-order valence-corrected chi connectivity index (χ4v) is 2.90. The molecule has 0 saturated heterocycles. The van der Waals surface area contributed by atoms with E-state index in [0.717, 1.165) is 27.9 Å². The first kappa shape index (κ1) is 15.7. The van der Waals surface area contributed by atoms with E-state index >= 15 is 0 Å². The Morgan fingerprint density at radius 2 is 1.96 bits per heavy atom. The van der Waals surface area contributed by atoms with E-state index in [1.54, 1.807) is 12.0 Å². The number of carbonyl (C=O) groups excluding carboxylic acids is 1. The van der Waals surface area contributed by atoms with E-state index in [-0.39, 0.29) is 18.4 Å². The number of benzene rings is 2. The van der Waals surface area contributed by atoms with Crippen molar-refractivity contribution >= 4 is 11.6 Å². The molecule has 1 atom stereocenters. The zero-order chi connectivity index (χ0) is 16.4. The number of ether oxygens (including phenoxy) is 1. The van der Waals surface area contributed by atoms with Crippen LogP contribution in [-0.2, 0) is 17.9 Å². The van der Waals surface area contributed by atoms with Crippen molar-refractivity contribution in [3.05, 3.63) is 64.7 Å². The molecule has 2 aromatic rings. The summed E-state index contributed by atoms with van der Waals surface area (Å²) in [4.78, 5) is 14.5. The maximum Gasteiger partial charge on any atom is 0.258 e. The first-order valence-corrected chi connectivity index (χ1v) is 7.77. The zero-order valence-corrected chi connectivity index (χ0v) is 13.5. The van der Waals surface area contributed by atoms with Gasteiger partial charge >= 0.3 is 0 Å². The van der Waals surface area contributed by atoms with Crippen molar-refractivity contribution < 1.29 is 14.6 Å². The molecule has 120 valence electrons. The van der Waals surface area contributed by atoms with Crippen molar-refractivity contribution in [2.24, 2.45) is 0 Å². The highest BCUT2D eigenvalue weighted by molar-refractivity contribution is 6.10. The molecule has 1 unspecified atom stereocenters. The summed E-state index contributed by atoms with van der Waals surface area (Å²) in [6, 6.07) is 13.8. The Morgan fingerprint density at radius 1 is 1.22 bits per heavy atom. The van der Waals surface area contributed by atoms with Crippen LogP contribution in [0.25, 0.3) is 0 Å². The zero-order valence-electron chi connectivity index (χ0n) is 13.5. The van der Waals surface area contributed by atoms with Crippen LogP contribution >= 0.6 is 0 Å². The fourth-order valence-electron chi connectivity index (χ4n) is 2.90. The first-order chi connectivity index (χ1) is 11.1. The number of methoxy groups -OCH3 is 1. The first-order valence-electron chi connectivity index (χ1n) is 7.77. The number of nitrogens with zero attached hydrogens (tertiary/aromatic N) is 1. The van der Waals surface area contributed by atoms with Crippen molar-refractivity contribution in [1.29, 1.82) is 0 Å².